The van der Waals surface area contributed by atoms with E-state index in [1.165, 1.54) is 35.6 Å². The summed E-state index contributed by atoms with van der Waals surface area (Å²) in [6.45, 7) is 3.64. The van der Waals surface area contributed by atoms with Crippen molar-refractivity contribution in [1.82, 2.24) is 9.21 Å². The first-order valence-corrected chi connectivity index (χ1v) is 16.8. The van der Waals surface area contributed by atoms with Gasteiger partial charge < -0.3 is 25.4 Å². The molecule has 0 aromatic heterocycles. The molecule has 0 spiro atoms. The van der Waals surface area contributed by atoms with E-state index in [2.05, 4.69) is 10.6 Å². The molecule has 3 atom stereocenters. The molecular formula is C34H37ClN4O6S. The summed E-state index contributed by atoms with van der Waals surface area (Å²) in [5, 5.41) is 18.0. The SMILES string of the molecule is C[C@H]1CN([C@@H](C)CO)C(=O)Cc2cc(NC(=O)Nc3cccc4ccccc34)ccc2O[C@H]1CN(C)S(=O)(=O)c1ccc(Cl)cc1. The predicted octanol–water partition coefficient (Wildman–Crippen LogP) is 5.61. The quantitative estimate of drug-likeness (QED) is 0.225. The van der Waals surface area contributed by atoms with Crippen LogP contribution in [0, 0.1) is 5.92 Å². The van der Waals surface area contributed by atoms with Gasteiger partial charge in [-0.05, 0) is 60.8 Å². The normalized spacial score (nSPS) is 17.8. The van der Waals surface area contributed by atoms with Gasteiger partial charge in [-0.25, -0.2) is 13.2 Å². The molecule has 0 fully saturated rings. The number of anilines is 2. The second-order valence-corrected chi connectivity index (χ2v) is 14.0. The van der Waals surface area contributed by atoms with Crippen molar-refractivity contribution in [1.29, 1.82) is 0 Å². The van der Waals surface area contributed by atoms with Crippen LogP contribution in [0.25, 0.3) is 10.8 Å². The molecule has 4 aromatic carbocycles. The summed E-state index contributed by atoms with van der Waals surface area (Å²) in [4.78, 5) is 28.3. The van der Waals surface area contributed by atoms with Crippen LogP contribution >= 0.6 is 11.6 Å². The van der Waals surface area contributed by atoms with Gasteiger partial charge in [0.15, 0.2) is 0 Å². The molecule has 1 heterocycles. The standard InChI is InChI=1S/C34H37ClN4O6S/c1-22-19-39(23(2)21-40)33(41)18-25-17-27(36-34(42)37-30-10-6-8-24-7-4-5-9-29(24)30)13-16-31(25)45-32(22)20-38(3)46(43,44)28-14-11-26(35)12-15-28/h4-17,22-23,32,40H,18-21H2,1-3H3,(H2,36,37,42)/t22-,23-,32-/m0/s1. The lowest BCUT2D eigenvalue weighted by atomic mass is 10.0. The van der Waals surface area contributed by atoms with Crippen molar-refractivity contribution < 1.29 is 27.9 Å². The van der Waals surface area contributed by atoms with Crippen LogP contribution in [0.3, 0.4) is 0 Å². The highest BCUT2D eigenvalue weighted by molar-refractivity contribution is 7.89. The van der Waals surface area contributed by atoms with Crippen LogP contribution in [0.5, 0.6) is 5.75 Å². The number of benzene rings is 4. The van der Waals surface area contributed by atoms with Crippen LogP contribution in [0.2, 0.25) is 5.02 Å². The highest BCUT2D eigenvalue weighted by atomic mass is 35.5. The van der Waals surface area contributed by atoms with E-state index in [9.17, 15) is 23.1 Å². The third-order valence-corrected chi connectivity index (χ3v) is 10.3. The van der Waals surface area contributed by atoms with Crippen molar-refractivity contribution in [2.75, 3.05) is 37.4 Å². The Morgan fingerprint density at radius 1 is 1.07 bits per heavy atom. The van der Waals surface area contributed by atoms with Gasteiger partial charge in [-0.1, -0.05) is 54.9 Å². The number of carbonyl (C=O) groups is 2. The van der Waals surface area contributed by atoms with Gasteiger partial charge in [0.05, 0.1) is 36.2 Å². The number of sulfonamides is 1. The van der Waals surface area contributed by atoms with Crippen molar-refractivity contribution in [3.8, 4) is 5.75 Å². The summed E-state index contributed by atoms with van der Waals surface area (Å²) in [7, 11) is -2.39. The molecule has 5 rings (SSSR count). The number of aliphatic hydroxyl groups excluding tert-OH is 1. The Hall–Kier alpha value is -4.16. The number of aliphatic hydroxyl groups is 1. The maximum Gasteiger partial charge on any atom is 0.323 e. The summed E-state index contributed by atoms with van der Waals surface area (Å²) in [6, 6.07) is 23.4. The van der Waals surface area contributed by atoms with E-state index >= 15 is 0 Å². The fraction of sp³-hybridized carbons (Fsp3) is 0.294. The molecule has 242 valence electrons. The number of hydrogen-bond acceptors (Lipinski definition) is 6. The van der Waals surface area contributed by atoms with Crippen molar-refractivity contribution in [2.45, 2.75) is 37.3 Å². The van der Waals surface area contributed by atoms with Crippen molar-refractivity contribution >= 4 is 55.7 Å². The second kappa shape index (κ2) is 14.1. The molecule has 0 saturated carbocycles. The first-order chi connectivity index (χ1) is 22.0. The minimum absolute atomic E-state index is 0.00541. The predicted molar refractivity (Wildman–Crippen MR) is 180 cm³/mol. The van der Waals surface area contributed by atoms with Crippen molar-refractivity contribution in [3.05, 3.63) is 95.5 Å². The van der Waals surface area contributed by atoms with Gasteiger partial charge in [0.1, 0.15) is 11.9 Å². The highest BCUT2D eigenvalue weighted by Gasteiger charge is 2.33. The fourth-order valence-electron chi connectivity index (χ4n) is 5.48. The van der Waals surface area contributed by atoms with Crippen LogP contribution in [0.15, 0.2) is 89.8 Å². The van der Waals surface area contributed by atoms with Crippen LogP contribution in [0.1, 0.15) is 19.4 Å². The smallest absolute Gasteiger partial charge is 0.323 e. The number of urea groups is 1. The molecule has 3 N–H and O–H groups in total. The monoisotopic (exact) mass is 664 g/mol. The van der Waals surface area contributed by atoms with Crippen molar-refractivity contribution in [2.24, 2.45) is 5.92 Å². The van der Waals surface area contributed by atoms with E-state index < -0.39 is 28.2 Å². The molecule has 0 bridgehead atoms. The Morgan fingerprint density at radius 2 is 1.78 bits per heavy atom. The first-order valence-electron chi connectivity index (χ1n) is 14.9. The molecule has 1 aliphatic rings. The van der Waals surface area contributed by atoms with Gasteiger partial charge in [-0.15, -0.1) is 0 Å². The van der Waals surface area contributed by atoms with E-state index in [0.717, 1.165) is 10.8 Å². The number of nitrogens with zero attached hydrogens (tertiary/aromatic N) is 2. The van der Waals surface area contributed by atoms with Crippen LogP contribution in [0.4, 0.5) is 16.2 Å². The molecule has 0 aliphatic carbocycles. The Kier molecular flexibility index (Phi) is 10.2. The van der Waals surface area contributed by atoms with E-state index in [-0.39, 0.29) is 42.8 Å². The Bertz CT molecular complexity index is 1830. The number of hydrogen-bond donors (Lipinski definition) is 3. The lowest BCUT2D eigenvalue weighted by Crippen LogP contribution is -2.48. The number of carbonyl (C=O) groups excluding carboxylic acids is 2. The number of fused-ring (bicyclic) bond motifs is 2. The molecule has 3 amide bonds. The number of nitrogens with one attached hydrogen (secondary N) is 2. The van der Waals surface area contributed by atoms with Crippen LogP contribution in [-0.4, -0.2) is 73.6 Å². The molecule has 46 heavy (non-hydrogen) atoms. The summed E-state index contributed by atoms with van der Waals surface area (Å²) in [6.07, 6.45) is -0.697. The molecular weight excluding hydrogens is 628 g/mol. The van der Waals surface area contributed by atoms with Gasteiger partial charge in [-0.3, -0.25) is 4.79 Å². The maximum atomic E-state index is 13.6. The van der Waals surface area contributed by atoms with Gasteiger partial charge in [0.2, 0.25) is 15.9 Å². The largest absolute Gasteiger partial charge is 0.488 e. The van der Waals surface area contributed by atoms with Crippen LogP contribution < -0.4 is 15.4 Å². The second-order valence-electron chi connectivity index (χ2n) is 11.6. The molecule has 1 aliphatic heterocycles. The van der Waals surface area contributed by atoms with Crippen molar-refractivity contribution in [3.63, 3.8) is 0 Å². The van der Waals surface area contributed by atoms with E-state index in [1.807, 2.05) is 49.4 Å². The molecule has 12 heteroatoms. The number of amides is 3. The molecule has 0 radical (unpaired) electrons. The molecule has 4 aromatic rings. The molecule has 0 unspecified atom stereocenters. The molecule has 0 saturated heterocycles. The third kappa shape index (κ3) is 7.45. The van der Waals surface area contributed by atoms with Gasteiger partial charge in [0.25, 0.3) is 0 Å². The summed E-state index contributed by atoms with van der Waals surface area (Å²) in [5.74, 6) is -0.129. The average Bonchev–Trinajstić information content (AvgIpc) is 3.08. The zero-order valence-electron chi connectivity index (χ0n) is 25.8. The topological polar surface area (TPSA) is 128 Å². The average molecular weight is 665 g/mol. The maximum absolute atomic E-state index is 13.6. The number of halogens is 1. The Labute approximate surface area is 274 Å². The van der Waals surface area contributed by atoms with Gasteiger partial charge in [-0.2, -0.15) is 4.31 Å². The summed E-state index contributed by atoms with van der Waals surface area (Å²) >= 11 is 5.97. The summed E-state index contributed by atoms with van der Waals surface area (Å²) < 4.78 is 34.5. The lowest BCUT2D eigenvalue weighted by Gasteiger charge is -2.33. The molecule has 10 nitrogen and oxygen atoms in total. The Balaban J connectivity index is 1.41. The lowest BCUT2D eigenvalue weighted by molar-refractivity contribution is -0.134. The summed E-state index contributed by atoms with van der Waals surface area (Å²) in [5.41, 5.74) is 1.62. The van der Waals surface area contributed by atoms with Gasteiger partial charge >= 0.3 is 6.03 Å². The Morgan fingerprint density at radius 3 is 2.52 bits per heavy atom. The first kappa shape index (κ1) is 33.2. The van der Waals surface area contributed by atoms with Crippen LogP contribution in [-0.2, 0) is 21.2 Å². The number of likely N-dealkylation sites (N-methyl/N-ethyl adjacent to an activating group) is 1. The van der Waals surface area contributed by atoms with E-state index in [0.29, 0.717) is 27.7 Å². The minimum Gasteiger partial charge on any atom is -0.488 e. The zero-order valence-corrected chi connectivity index (χ0v) is 27.4. The van der Waals surface area contributed by atoms with E-state index in [4.69, 9.17) is 16.3 Å². The third-order valence-electron chi connectivity index (χ3n) is 8.17. The highest BCUT2D eigenvalue weighted by Crippen LogP contribution is 2.30. The minimum atomic E-state index is -3.87. The van der Waals surface area contributed by atoms with E-state index in [1.54, 1.807) is 30.0 Å². The fourth-order valence-corrected chi connectivity index (χ4v) is 6.79. The number of rotatable bonds is 8. The zero-order chi connectivity index (χ0) is 33.0. The van der Waals surface area contributed by atoms with Gasteiger partial charge in [0, 0.05) is 41.2 Å². The number of ether oxygens (including phenoxy) is 1.